The van der Waals surface area contributed by atoms with Gasteiger partial charge in [-0.25, -0.2) is 0 Å². The minimum atomic E-state index is -4.44. The molecular formula is C27H28ClN3O6S. The van der Waals surface area contributed by atoms with Crippen LogP contribution in [0.5, 0.6) is 0 Å². The molecule has 1 saturated heterocycles. The third kappa shape index (κ3) is 6.57. The van der Waals surface area contributed by atoms with Gasteiger partial charge in [-0.2, -0.15) is 8.42 Å². The summed E-state index contributed by atoms with van der Waals surface area (Å²) in [5, 5.41) is 14.4. The second-order valence-electron chi connectivity index (χ2n) is 9.45. The standard InChI is InChI=1S/C27H28ClN3O6S/c1-18-6-11-26(38(35,36)37)23(14-18)21-15-25(30(17-21)16-20-4-2-3-5-24(20)28)27(32)29-13-12-19-7-9-22(10-8-19)31(33)34/h2-11,14,21,25H,12-13,15-17H2,1H3,(H,29,32)(H,35,36,37)/t21-,25-/m0/s1. The predicted molar refractivity (Wildman–Crippen MR) is 144 cm³/mol. The van der Waals surface area contributed by atoms with Crippen molar-refractivity contribution in [1.82, 2.24) is 10.2 Å². The highest BCUT2D eigenvalue weighted by molar-refractivity contribution is 7.85. The summed E-state index contributed by atoms with van der Waals surface area (Å²) in [6.45, 7) is 2.97. The van der Waals surface area contributed by atoms with Crippen LogP contribution in [0, 0.1) is 17.0 Å². The van der Waals surface area contributed by atoms with E-state index in [1.807, 2.05) is 30.0 Å². The molecule has 4 rings (SSSR count). The maximum Gasteiger partial charge on any atom is 0.294 e. The zero-order valence-corrected chi connectivity index (χ0v) is 22.3. The van der Waals surface area contributed by atoms with Crippen molar-refractivity contribution in [3.63, 3.8) is 0 Å². The molecular weight excluding hydrogens is 530 g/mol. The van der Waals surface area contributed by atoms with Crippen molar-refractivity contribution < 1.29 is 22.7 Å². The van der Waals surface area contributed by atoms with Crippen molar-refractivity contribution in [3.05, 3.63) is 104 Å². The van der Waals surface area contributed by atoms with Crippen molar-refractivity contribution in [3.8, 4) is 0 Å². The van der Waals surface area contributed by atoms with Crippen LogP contribution in [-0.4, -0.2) is 47.8 Å². The molecule has 0 bridgehead atoms. The molecule has 1 fully saturated rings. The fourth-order valence-electron chi connectivity index (χ4n) is 4.88. The van der Waals surface area contributed by atoms with Gasteiger partial charge in [-0.15, -0.1) is 0 Å². The first-order chi connectivity index (χ1) is 18.0. The lowest BCUT2D eigenvalue weighted by molar-refractivity contribution is -0.384. The average molecular weight is 558 g/mol. The van der Waals surface area contributed by atoms with Crippen molar-refractivity contribution in [1.29, 1.82) is 0 Å². The maximum absolute atomic E-state index is 13.3. The number of nitro benzene ring substituents is 1. The van der Waals surface area contributed by atoms with E-state index in [0.717, 1.165) is 16.7 Å². The summed E-state index contributed by atoms with van der Waals surface area (Å²) in [6.07, 6.45) is 0.856. The normalized spacial score (nSPS) is 17.9. The van der Waals surface area contributed by atoms with Crippen LogP contribution in [0.4, 0.5) is 5.69 Å². The number of hydrogen-bond donors (Lipinski definition) is 2. The number of halogens is 1. The van der Waals surface area contributed by atoms with Gasteiger partial charge in [-0.05, 0) is 48.6 Å². The molecule has 2 atom stereocenters. The monoisotopic (exact) mass is 557 g/mol. The third-order valence-corrected chi connectivity index (χ3v) is 8.08. The van der Waals surface area contributed by atoms with Crippen LogP contribution in [0.25, 0.3) is 0 Å². The average Bonchev–Trinajstić information content (AvgIpc) is 3.29. The van der Waals surface area contributed by atoms with E-state index in [1.165, 1.54) is 18.2 Å². The Morgan fingerprint density at radius 3 is 2.53 bits per heavy atom. The minimum Gasteiger partial charge on any atom is -0.354 e. The van der Waals surface area contributed by atoms with Gasteiger partial charge in [0, 0.05) is 42.7 Å². The Morgan fingerprint density at radius 1 is 1.16 bits per heavy atom. The summed E-state index contributed by atoms with van der Waals surface area (Å²) in [6, 6.07) is 17.8. The third-order valence-electron chi connectivity index (χ3n) is 6.78. The summed E-state index contributed by atoms with van der Waals surface area (Å²) in [5.74, 6) is -0.512. The van der Waals surface area contributed by atoms with Crippen LogP contribution in [0.3, 0.4) is 0 Å². The molecule has 0 radical (unpaired) electrons. The molecule has 1 aliphatic heterocycles. The Hall–Kier alpha value is -3.31. The van der Waals surface area contributed by atoms with E-state index >= 15 is 0 Å². The van der Waals surface area contributed by atoms with E-state index in [2.05, 4.69) is 5.32 Å². The number of non-ortho nitro benzene ring substituents is 1. The van der Waals surface area contributed by atoms with E-state index in [-0.39, 0.29) is 22.4 Å². The predicted octanol–water partition coefficient (Wildman–Crippen LogP) is 4.52. The number of benzene rings is 3. The van der Waals surface area contributed by atoms with E-state index in [4.69, 9.17) is 11.6 Å². The number of amides is 1. The van der Waals surface area contributed by atoms with Gasteiger partial charge in [0.15, 0.2) is 0 Å². The number of nitrogens with one attached hydrogen (secondary N) is 1. The number of nitro groups is 1. The minimum absolute atomic E-state index is 0.00501. The quantitative estimate of drug-likeness (QED) is 0.225. The zero-order valence-electron chi connectivity index (χ0n) is 20.7. The van der Waals surface area contributed by atoms with Crippen LogP contribution in [0.1, 0.15) is 34.6 Å². The summed E-state index contributed by atoms with van der Waals surface area (Å²) < 4.78 is 34.0. The van der Waals surface area contributed by atoms with Gasteiger partial charge in [0.05, 0.1) is 15.9 Å². The summed E-state index contributed by atoms with van der Waals surface area (Å²) in [4.78, 5) is 25.6. The molecule has 1 heterocycles. The highest BCUT2D eigenvalue weighted by Crippen LogP contribution is 2.37. The Kier molecular flexibility index (Phi) is 8.47. The molecule has 1 amide bonds. The maximum atomic E-state index is 13.3. The molecule has 0 unspecified atom stereocenters. The summed E-state index contributed by atoms with van der Waals surface area (Å²) in [7, 11) is -4.44. The lowest BCUT2D eigenvalue weighted by atomic mass is 9.94. The van der Waals surface area contributed by atoms with Crippen molar-refractivity contribution >= 4 is 33.3 Å². The molecule has 11 heteroatoms. The number of likely N-dealkylation sites (tertiary alicyclic amines) is 1. The molecule has 200 valence electrons. The van der Waals surface area contributed by atoms with Crippen LogP contribution in [0.2, 0.25) is 5.02 Å². The first-order valence-electron chi connectivity index (χ1n) is 12.1. The molecule has 38 heavy (non-hydrogen) atoms. The summed E-state index contributed by atoms with van der Waals surface area (Å²) >= 11 is 6.39. The van der Waals surface area contributed by atoms with Gasteiger partial charge in [-0.1, -0.05) is 59.6 Å². The van der Waals surface area contributed by atoms with Gasteiger partial charge in [0.1, 0.15) is 0 Å². The van der Waals surface area contributed by atoms with Crippen LogP contribution >= 0.6 is 11.6 Å². The molecule has 3 aromatic rings. The number of rotatable bonds is 9. The van der Waals surface area contributed by atoms with Crippen molar-refractivity contribution in [2.75, 3.05) is 13.1 Å². The van der Waals surface area contributed by atoms with Gasteiger partial charge in [0.25, 0.3) is 15.8 Å². The Morgan fingerprint density at radius 2 is 1.87 bits per heavy atom. The van der Waals surface area contributed by atoms with Gasteiger partial charge in [-0.3, -0.25) is 24.4 Å². The van der Waals surface area contributed by atoms with Crippen LogP contribution in [0.15, 0.2) is 71.6 Å². The van der Waals surface area contributed by atoms with Crippen LogP contribution < -0.4 is 5.32 Å². The topological polar surface area (TPSA) is 130 Å². The van der Waals surface area contributed by atoms with E-state index in [1.54, 1.807) is 30.3 Å². The molecule has 1 aliphatic rings. The van der Waals surface area contributed by atoms with E-state index in [9.17, 15) is 27.9 Å². The largest absolute Gasteiger partial charge is 0.354 e. The fraction of sp³-hybridized carbons (Fsp3) is 0.296. The lowest BCUT2D eigenvalue weighted by Gasteiger charge is -2.24. The van der Waals surface area contributed by atoms with E-state index < -0.39 is 21.1 Å². The lowest BCUT2D eigenvalue weighted by Crippen LogP contribution is -2.43. The number of carbonyl (C=O) groups excluding carboxylic acids is 1. The van der Waals surface area contributed by atoms with Crippen molar-refractivity contribution in [2.45, 2.75) is 43.2 Å². The first-order valence-corrected chi connectivity index (χ1v) is 13.9. The molecule has 3 aromatic carbocycles. The number of nitrogens with zero attached hydrogens (tertiary/aromatic N) is 2. The fourth-order valence-corrected chi connectivity index (χ4v) is 5.83. The number of hydrogen-bond acceptors (Lipinski definition) is 6. The zero-order chi connectivity index (χ0) is 27.4. The Balaban J connectivity index is 1.53. The Bertz CT molecular complexity index is 1450. The molecule has 0 saturated carbocycles. The van der Waals surface area contributed by atoms with Crippen molar-refractivity contribution in [2.24, 2.45) is 0 Å². The second-order valence-corrected chi connectivity index (χ2v) is 11.2. The molecule has 2 N–H and O–H groups in total. The molecule has 0 spiro atoms. The SMILES string of the molecule is Cc1ccc(S(=O)(=O)O)c([C@H]2C[C@@H](C(=O)NCCc3ccc([N+](=O)[O-])cc3)N(Cc3ccccc3Cl)C2)c1. The smallest absolute Gasteiger partial charge is 0.294 e. The first kappa shape index (κ1) is 27.7. The van der Waals surface area contributed by atoms with Gasteiger partial charge in [0.2, 0.25) is 5.91 Å². The van der Waals surface area contributed by atoms with Gasteiger partial charge < -0.3 is 5.32 Å². The molecule has 0 aliphatic carbocycles. The van der Waals surface area contributed by atoms with Gasteiger partial charge >= 0.3 is 0 Å². The summed E-state index contributed by atoms with van der Waals surface area (Å²) in [5.41, 5.74) is 3.03. The van der Waals surface area contributed by atoms with Crippen LogP contribution in [-0.2, 0) is 27.9 Å². The highest BCUT2D eigenvalue weighted by Gasteiger charge is 2.39. The van der Waals surface area contributed by atoms with E-state index in [0.29, 0.717) is 43.1 Å². The number of carbonyl (C=O) groups is 1. The molecule has 9 nitrogen and oxygen atoms in total. The molecule has 0 aromatic heterocycles. The number of aryl methyl sites for hydroxylation is 1. The Labute approximate surface area is 226 Å². The second kappa shape index (κ2) is 11.6. The highest BCUT2D eigenvalue weighted by atomic mass is 35.5.